The highest BCUT2D eigenvalue weighted by Crippen LogP contribution is 2.24. The van der Waals surface area contributed by atoms with E-state index in [0.29, 0.717) is 34.0 Å². The van der Waals surface area contributed by atoms with Gasteiger partial charge in [0.25, 0.3) is 0 Å². The van der Waals surface area contributed by atoms with E-state index in [0.717, 1.165) is 0 Å². The Balaban J connectivity index is 1.47. The maximum atomic E-state index is 13.2. The Hall–Kier alpha value is -3.04. The lowest BCUT2D eigenvalue weighted by Gasteiger charge is -2.04. The van der Waals surface area contributed by atoms with E-state index in [4.69, 9.17) is 25.2 Å². The first-order valence-electron chi connectivity index (χ1n) is 8.38. The monoisotopic (exact) mass is 432 g/mol. The van der Waals surface area contributed by atoms with E-state index in [1.807, 2.05) is 6.26 Å². The van der Waals surface area contributed by atoms with Gasteiger partial charge in [-0.15, -0.1) is 10.2 Å². The Kier molecular flexibility index (Phi) is 5.68. The van der Waals surface area contributed by atoms with Gasteiger partial charge in [-0.05, 0) is 42.7 Å². The Morgan fingerprint density at radius 1 is 1.28 bits per heavy atom. The molecule has 4 rings (SSSR count). The highest BCUT2D eigenvalue weighted by atomic mass is 35.5. The normalized spacial score (nSPS) is 11.4. The number of benzene rings is 1. The summed E-state index contributed by atoms with van der Waals surface area (Å²) in [5.41, 5.74) is 0. The molecule has 148 valence electrons. The first-order valence-corrected chi connectivity index (χ1v) is 9.98. The number of furan rings is 2. The number of hydrogen-bond donors (Lipinski definition) is 0. The minimum absolute atomic E-state index is 0.000619. The van der Waals surface area contributed by atoms with Gasteiger partial charge in [0, 0.05) is 6.07 Å². The Morgan fingerprint density at radius 2 is 2.17 bits per heavy atom. The van der Waals surface area contributed by atoms with Crippen molar-refractivity contribution in [1.29, 1.82) is 0 Å². The quantitative estimate of drug-likeness (QED) is 0.298. The van der Waals surface area contributed by atoms with Crippen LogP contribution in [-0.2, 0) is 6.61 Å². The summed E-state index contributed by atoms with van der Waals surface area (Å²) in [5.74, 6) is 2.09. The van der Waals surface area contributed by atoms with E-state index in [1.165, 1.54) is 30.0 Å². The Morgan fingerprint density at radius 3 is 2.93 bits per heavy atom. The summed E-state index contributed by atoms with van der Waals surface area (Å²) in [6.45, 7) is 0.163. The molecule has 3 heterocycles. The third-order valence-electron chi connectivity index (χ3n) is 3.79. The number of rotatable bonds is 7. The van der Waals surface area contributed by atoms with Gasteiger partial charge in [-0.3, -0.25) is 0 Å². The van der Waals surface area contributed by atoms with Crippen LogP contribution in [0.5, 0.6) is 5.75 Å². The first kappa shape index (κ1) is 19.3. The fourth-order valence-electron chi connectivity index (χ4n) is 2.43. The number of aromatic nitrogens is 3. The van der Waals surface area contributed by atoms with Crippen molar-refractivity contribution >= 4 is 29.6 Å². The lowest BCUT2D eigenvalue weighted by atomic mass is 10.3. The zero-order chi connectivity index (χ0) is 20.2. The molecule has 29 heavy (non-hydrogen) atoms. The van der Waals surface area contributed by atoms with Crippen LogP contribution in [0.15, 0.2) is 67.8 Å². The fourth-order valence-corrected chi connectivity index (χ4v) is 3.03. The molecule has 0 aliphatic rings. The molecule has 0 N–H and O–H groups in total. The van der Waals surface area contributed by atoms with Gasteiger partial charge in [0.1, 0.15) is 29.7 Å². The van der Waals surface area contributed by atoms with Crippen molar-refractivity contribution < 1.29 is 18.0 Å². The van der Waals surface area contributed by atoms with Crippen LogP contribution in [0.3, 0.4) is 0 Å². The molecule has 0 aliphatic carbocycles. The minimum Gasteiger partial charge on any atom is -0.486 e. The van der Waals surface area contributed by atoms with Crippen molar-refractivity contribution in [3.05, 3.63) is 71.1 Å². The molecule has 7 nitrogen and oxygen atoms in total. The molecule has 0 saturated carbocycles. The summed E-state index contributed by atoms with van der Waals surface area (Å²) >= 11 is 7.16. The summed E-state index contributed by atoms with van der Waals surface area (Å²) in [4.78, 5) is 0. The van der Waals surface area contributed by atoms with Gasteiger partial charge >= 0.3 is 0 Å². The second kappa shape index (κ2) is 8.54. The fraction of sp³-hybridized carbons (Fsp3) is 0.105. The minimum atomic E-state index is -0.497. The zero-order valence-electron chi connectivity index (χ0n) is 15.1. The Labute approximate surface area is 174 Å². The van der Waals surface area contributed by atoms with Crippen LogP contribution in [0.2, 0.25) is 5.02 Å². The van der Waals surface area contributed by atoms with Crippen LogP contribution in [0, 0.1) is 5.82 Å². The highest BCUT2D eigenvalue weighted by molar-refractivity contribution is 7.98. The third kappa shape index (κ3) is 4.36. The van der Waals surface area contributed by atoms with Crippen molar-refractivity contribution in [3.63, 3.8) is 0 Å². The lowest BCUT2D eigenvalue weighted by molar-refractivity contribution is 0.269. The molecule has 0 atom stereocenters. The van der Waals surface area contributed by atoms with Crippen LogP contribution in [0.4, 0.5) is 4.39 Å². The molecule has 0 radical (unpaired) electrons. The van der Waals surface area contributed by atoms with E-state index < -0.39 is 5.82 Å². The molecule has 1 aromatic carbocycles. The van der Waals surface area contributed by atoms with Gasteiger partial charge in [0.05, 0.1) is 17.5 Å². The van der Waals surface area contributed by atoms with E-state index in [1.54, 1.807) is 41.4 Å². The topological polar surface area (TPSA) is 78.6 Å². The largest absolute Gasteiger partial charge is 0.486 e. The molecule has 0 fully saturated rings. The van der Waals surface area contributed by atoms with E-state index in [-0.39, 0.29) is 11.6 Å². The second-order valence-electron chi connectivity index (χ2n) is 5.71. The van der Waals surface area contributed by atoms with Gasteiger partial charge in [-0.2, -0.15) is 9.78 Å². The number of nitrogens with zero attached hydrogens (tertiary/aromatic N) is 4. The molecular weight excluding hydrogens is 419 g/mol. The van der Waals surface area contributed by atoms with Crippen LogP contribution >= 0.6 is 23.4 Å². The second-order valence-corrected chi connectivity index (χ2v) is 6.89. The number of hydrogen-bond acceptors (Lipinski definition) is 7. The van der Waals surface area contributed by atoms with E-state index in [9.17, 15) is 4.39 Å². The molecule has 0 unspecified atom stereocenters. The van der Waals surface area contributed by atoms with Crippen LogP contribution in [0.1, 0.15) is 11.5 Å². The van der Waals surface area contributed by atoms with Crippen molar-refractivity contribution in [2.24, 2.45) is 5.10 Å². The van der Waals surface area contributed by atoms with Crippen LogP contribution in [0.25, 0.3) is 11.6 Å². The average molecular weight is 433 g/mol. The molecular formula is C19H14ClFN4O3S. The lowest BCUT2D eigenvalue weighted by Crippen LogP contribution is -1.96. The van der Waals surface area contributed by atoms with Crippen molar-refractivity contribution in [2.75, 3.05) is 6.26 Å². The predicted molar refractivity (Wildman–Crippen MR) is 107 cm³/mol. The van der Waals surface area contributed by atoms with Gasteiger partial charge in [0.15, 0.2) is 5.76 Å². The van der Waals surface area contributed by atoms with Crippen LogP contribution < -0.4 is 4.74 Å². The molecule has 0 saturated heterocycles. The summed E-state index contributed by atoms with van der Waals surface area (Å²) in [5, 5.41) is 13.2. The molecule has 10 heteroatoms. The van der Waals surface area contributed by atoms with Crippen molar-refractivity contribution in [2.45, 2.75) is 11.8 Å². The molecule has 0 bridgehead atoms. The molecule has 0 amide bonds. The number of thioether (sulfide) groups is 1. The third-order valence-corrected chi connectivity index (χ3v) is 4.70. The smallest absolute Gasteiger partial charge is 0.221 e. The SMILES string of the molecule is CSc1nnc(-c2ccco2)n1N=Cc1ccc(COc2ccc(F)c(Cl)c2)o1. The first-order chi connectivity index (χ1) is 14.1. The number of halogens is 2. The van der Waals surface area contributed by atoms with E-state index in [2.05, 4.69) is 15.3 Å². The molecule has 0 spiro atoms. The maximum Gasteiger partial charge on any atom is 0.221 e. The highest BCUT2D eigenvalue weighted by Gasteiger charge is 2.15. The number of ether oxygens (including phenoxy) is 1. The molecule has 4 aromatic rings. The van der Waals surface area contributed by atoms with Crippen molar-refractivity contribution in [1.82, 2.24) is 14.9 Å². The van der Waals surface area contributed by atoms with Crippen LogP contribution in [-0.4, -0.2) is 27.3 Å². The van der Waals surface area contributed by atoms with E-state index >= 15 is 0 Å². The average Bonchev–Trinajstić information content (AvgIpc) is 3.47. The van der Waals surface area contributed by atoms with Gasteiger partial charge in [-0.1, -0.05) is 23.4 Å². The maximum absolute atomic E-state index is 13.2. The summed E-state index contributed by atoms with van der Waals surface area (Å²) in [6, 6.07) is 11.2. The summed E-state index contributed by atoms with van der Waals surface area (Å²) in [7, 11) is 0. The van der Waals surface area contributed by atoms with Gasteiger partial charge < -0.3 is 13.6 Å². The van der Waals surface area contributed by atoms with Gasteiger partial charge in [0.2, 0.25) is 11.0 Å². The standard InChI is InChI=1S/C19H14ClFN4O3S/c1-29-19-24-23-18(17-3-2-8-26-17)25(19)22-10-13-4-5-14(28-13)11-27-12-6-7-16(21)15(20)9-12/h2-10H,11H2,1H3. The molecule has 0 aliphatic heterocycles. The summed E-state index contributed by atoms with van der Waals surface area (Å²) in [6.07, 6.45) is 4.99. The Bertz CT molecular complexity index is 1140. The summed E-state index contributed by atoms with van der Waals surface area (Å²) < 4.78 is 31.4. The van der Waals surface area contributed by atoms with Gasteiger partial charge in [-0.25, -0.2) is 4.39 Å². The van der Waals surface area contributed by atoms with Crippen molar-refractivity contribution in [3.8, 4) is 17.3 Å². The zero-order valence-corrected chi connectivity index (χ0v) is 16.7. The predicted octanol–water partition coefficient (Wildman–Crippen LogP) is 5.11. The molecule has 3 aromatic heterocycles.